The van der Waals surface area contributed by atoms with Crippen molar-refractivity contribution in [2.75, 3.05) is 0 Å². The lowest BCUT2D eigenvalue weighted by Crippen LogP contribution is -2.35. The second-order valence-electron chi connectivity index (χ2n) is 4.69. The van der Waals surface area contributed by atoms with E-state index in [9.17, 15) is 9.90 Å². The third kappa shape index (κ3) is 1.76. The second kappa shape index (κ2) is 3.85. The summed E-state index contributed by atoms with van der Waals surface area (Å²) in [7, 11) is 0. The highest BCUT2D eigenvalue weighted by atomic mass is 16.3. The van der Waals surface area contributed by atoms with Crippen molar-refractivity contribution in [3.05, 3.63) is 12.2 Å². The van der Waals surface area contributed by atoms with E-state index in [1.165, 1.54) is 0 Å². The van der Waals surface area contributed by atoms with Gasteiger partial charge in [-0.15, -0.1) is 0 Å². The van der Waals surface area contributed by atoms with E-state index in [-0.39, 0.29) is 11.2 Å². The lowest BCUT2D eigenvalue weighted by atomic mass is 9.70. The fourth-order valence-corrected chi connectivity index (χ4v) is 2.78. The third-order valence-corrected chi connectivity index (χ3v) is 3.76. The van der Waals surface area contributed by atoms with E-state index in [0.717, 1.165) is 32.1 Å². The molecular formula is C12H18O2. The van der Waals surface area contributed by atoms with Crippen molar-refractivity contribution in [3.63, 3.8) is 0 Å². The Morgan fingerprint density at radius 3 is 2.93 bits per heavy atom. The van der Waals surface area contributed by atoms with Crippen LogP contribution in [0.1, 0.15) is 44.9 Å². The van der Waals surface area contributed by atoms with Crippen molar-refractivity contribution in [3.8, 4) is 0 Å². The Hall–Kier alpha value is -0.630. The Bertz CT molecular complexity index is 257. The summed E-state index contributed by atoms with van der Waals surface area (Å²) >= 11 is 0. The van der Waals surface area contributed by atoms with Gasteiger partial charge in [-0.2, -0.15) is 0 Å². The van der Waals surface area contributed by atoms with E-state index >= 15 is 0 Å². The van der Waals surface area contributed by atoms with Crippen LogP contribution in [0.5, 0.6) is 0 Å². The molecule has 1 unspecified atom stereocenters. The smallest absolute Gasteiger partial charge is 0.135 e. The highest BCUT2D eigenvalue weighted by molar-refractivity contribution is 5.79. The molecule has 0 aromatic heterocycles. The SMILES string of the molecule is O=C1CCC[C@@]2(CC=CCC2)C(O)C1. The number of hydrogen-bond acceptors (Lipinski definition) is 2. The molecule has 0 amide bonds. The summed E-state index contributed by atoms with van der Waals surface area (Å²) in [6.45, 7) is 0. The first kappa shape index (κ1) is 9.91. The van der Waals surface area contributed by atoms with Gasteiger partial charge in [-0.05, 0) is 32.1 Å². The first-order valence-electron chi connectivity index (χ1n) is 5.58. The normalized spacial score (nSPS) is 38.6. The molecule has 0 aromatic rings. The Morgan fingerprint density at radius 1 is 1.36 bits per heavy atom. The van der Waals surface area contributed by atoms with E-state index < -0.39 is 6.10 Å². The van der Waals surface area contributed by atoms with E-state index in [1.807, 2.05) is 0 Å². The number of allylic oxidation sites excluding steroid dienone is 2. The number of aliphatic hydroxyl groups is 1. The fourth-order valence-electron chi connectivity index (χ4n) is 2.78. The van der Waals surface area contributed by atoms with E-state index in [1.54, 1.807) is 0 Å². The molecule has 14 heavy (non-hydrogen) atoms. The Morgan fingerprint density at radius 2 is 2.21 bits per heavy atom. The molecule has 78 valence electrons. The molecule has 2 aliphatic rings. The molecule has 1 fully saturated rings. The molecule has 1 saturated carbocycles. The zero-order valence-corrected chi connectivity index (χ0v) is 8.54. The molecule has 0 bridgehead atoms. The Kier molecular flexibility index (Phi) is 2.73. The summed E-state index contributed by atoms with van der Waals surface area (Å²) in [5.74, 6) is 0.240. The number of Topliss-reactive ketones (excluding diaryl/α,β-unsaturated/α-hetero) is 1. The van der Waals surface area contributed by atoms with E-state index in [2.05, 4.69) is 12.2 Å². The summed E-state index contributed by atoms with van der Waals surface area (Å²) in [6, 6.07) is 0. The standard InChI is InChI=1S/C12H18O2/c13-10-5-4-8-12(11(14)9-10)6-2-1-3-7-12/h1-2,11,14H,3-9H2/t11?,12-/m0/s1. The van der Waals surface area contributed by atoms with Crippen LogP contribution in [0.2, 0.25) is 0 Å². The molecule has 2 nitrogen and oxygen atoms in total. The highest BCUT2D eigenvalue weighted by Gasteiger charge is 2.39. The molecule has 2 rings (SSSR count). The van der Waals surface area contributed by atoms with Gasteiger partial charge in [-0.3, -0.25) is 4.79 Å². The first-order chi connectivity index (χ1) is 6.73. The van der Waals surface area contributed by atoms with E-state index in [4.69, 9.17) is 0 Å². The topological polar surface area (TPSA) is 37.3 Å². The van der Waals surface area contributed by atoms with Crippen molar-refractivity contribution in [1.82, 2.24) is 0 Å². The predicted molar refractivity (Wildman–Crippen MR) is 54.9 cm³/mol. The lowest BCUT2D eigenvalue weighted by Gasteiger charge is -2.37. The molecule has 2 aliphatic carbocycles. The van der Waals surface area contributed by atoms with Crippen LogP contribution in [0.15, 0.2) is 12.2 Å². The van der Waals surface area contributed by atoms with Crippen LogP contribution in [0.4, 0.5) is 0 Å². The molecule has 2 heteroatoms. The molecule has 0 aromatic carbocycles. The molecule has 0 saturated heterocycles. The summed E-state index contributed by atoms with van der Waals surface area (Å²) in [5.41, 5.74) is 0.0287. The quantitative estimate of drug-likeness (QED) is 0.600. The molecule has 1 N–H and O–H groups in total. The van der Waals surface area contributed by atoms with Crippen LogP contribution in [0.3, 0.4) is 0 Å². The molecule has 2 atom stereocenters. The van der Waals surface area contributed by atoms with Crippen LogP contribution in [0, 0.1) is 5.41 Å². The van der Waals surface area contributed by atoms with Gasteiger partial charge < -0.3 is 5.11 Å². The predicted octanol–water partition coefficient (Wildman–Crippen LogP) is 2.22. The van der Waals surface area contributed by atoms with Gasteiger partial charge in [0, 0.05) is 18.3 Å². The molecule has 0 heterocycles. The molecular weight excluding hydrogens is 176 g/mol. The van der Waals surface area contributed by atoms with Gasteiger partial charge in [-0.1, -0.05) is 12.2 Å². The Labute approximate surface area is 85.0 Å². The van der Waals surface area contributed by atoms with Crippen LogP contribution in [-0.2, 0) is 4.79 Å². The number of rotatable bonds is 0. The summed E-state index contributed by atoms with van der Waals surface area (Å²) in [4.78, 5) is 11.3. The van der Waals surface area contributed by atoms with Crippen LogP contribution < -0.4 is 0 Å². The van der Waals surface area contributed by atoms with Crippen molar-refractivity contribution in [1.29, 1.82) is 0 Å². The average molecular weight is 194 g/mol. The zero-order valence-electron chi connectivity index (χ0n) is 8.54. The third-order valence-electron chi connectivity index (χ3n) is 3.76. The van der Waals surface area contributed by atoms with Gasteiger partial charge in [-0.25, -0.2) is 0 Å². The maximum absolute atomic E-state index is 11.3. The second-order valence-corrected chi connectivity index (χ2v) is 4.69. The summed E-state index contributed by atoms with van der Waals surface area (Å²) in [5, 5.41) is 10.1. The van der Waals surface area contributed by atoms with Gasteiger partial charge in [0.1, 0.15) is 5.78 Å². The van der Waals surface area contributed by atoms with Gasteiger partial charge in [0.05, 0.1) is 6.10 Å². The largest absolute Gasteiger partial charge is 0.392 e. The monoisotopic (exact) mass is 194 g/mol. The first-order valence-corrected chi connectivity index (χ1v) is 5.58. The van der Waals surface area contributed by atoms with Crippen LogP contribution >= 0.6 is 0 Å². The summed E-state index contributed by atoms with van der Waals surface area (Å²) in [6.07, 6.45) is 10.1. The number of hydrogen-bond donors (Lipinski definition) is 1. The zero-order chi connectivity index (χ0) is 10.0. The van der Waals surface area contributed by atoms with Gasteiger partial charge in [0.25, 0.3) is 0 Å². The van der Waals surface area contributed by atoms with Crippen molar-refractivity contribution in [2.45, 2.75) is 51.0 Å². The highest BCUT2D eigenvalue weighted by Crippen LogP contribution is 2.43. The Balaban J connectivity index is 2.15. The maximum atomic E-state index is 11.3. The number of carbonyl (C=O) groups is 1. The summed E-state index contributed by atoms with van der Waals surface area (Å²) < 4.78 is 0. The van der Waals surface area contributed by atoms with Crippen molar-refractivity contribution >= 4 is 5.78 Å². The minimum atomic E-state index is -0.401. The molecule has 0 aliphatic heterocycles. The van der Waals surface area contributed by atoms with Crippen LogP contribution in [-0.4, -0.2) is 17.0 Å². The van der Waals surface area contributed by atoms with Gasteiger partial charge >= 0.3 is 0 Å². The lowest BCUT2D eigenvalue weighted by molar-refractivity contribution is -0.121. The molecule has 1 spiro atoms. The maximum Gasteiger partial charge on any atom is 0.135 e. The minimum absolute atomic E-state index is 0.0287. The van der Waals surface area contributed by atoms with Crippen molar-refractivity contribution in [2.24, 2.45) is 5.41 Å². The average Bonchev–Trinajstić information content (AvgIpc) is 2.30. The minimum Gasteiger partial charge on any atom is -0.392 e. The van der Waals surface area contributed by atoms with Crippen molar-refractivity contribution < 1.29 is 9.90 Å². The molecule has 0 radical (unpaired) electrons. The fraction of sp³-hybridized carbons (Fsp3) is 0.750. The number of ketones is 1. The van der Waals surface area contributed by atoms with Crippen LogP contribution in [0.25, 0.3) is 0 Å². The number of carbonyl (C=O) groups excluding carboxylic acids is 1. The van der Waals surface area contributed by atoms with Gasteiger partial charge in [0.2, 0.25) is 0 Å². The van der Waals surface area contributed by atoms with Gasteiger partial charge in [0.15, 0.2) is 0 Å². The van der Waals surface area contributed by atoms with E-state index in [0.29, 0.717) is 12.8 Å². The number of aliphatic hydroxyl groups excluding tert-OH is 1.